The summed E-state index contributed by atoms with van der Waals surface area (Å²) in [6.45, 7) is 4.36. The number of nitrogens with zero attached hydrogens (tertiary/aromatic N) is 7. The van der Waals surface area contributed by atoms with Gasteiger partial charge in [0.05, 0.1) is 17.4 Å². The highest BCUT2D eigenvalue weighted by atomic mass is 35.5. The predicted octanol–water partition coefficient (Wildman–Crippen LogP) is 4.23. The van der Waals surface area contributed by atoms with Crippen molar-refractivity contribution in [3.8, 4) is 11.4 Å². The molecule has 2 fully saturated rings. The molecule has 3 heterocycles. The Labute approximate surface area is 209 Å². The van der Waals surface area contributed by atoms with Gasteiger partial charge in [0.1, 0.15) is 18.2 Å². The molecule has 5 rings (SSSR count). The van der Waals surface area contributed by atoms with E-state index in [0.717, 1.165) is 37.1 Å². The Bertz CT molecular complexity index is 1190. The third-order valence-electron chi connectivity index (χ3n) is 6.89. The number of hydrogen-bond acceptors (Lipinski definition) is 6. The Balaban J connectivity index is 1.31. The van der Waals surface area contributed by atoms with E-state index in [0.29, 0.717) is 54.5 Å². The Kier molecular flexibility index (Phi) is 6.95. The van der Waals surface area contributed by atoms with E-state index in [2.05, 4.69) is 14.9 Å². The summed E-state index contributed by atoms with van der Waals surface area (Å²) in [6, 6.07) is 4.91. The minimum absolute atomic E-state index is 0.0190. The fourth-order valence-electron chi connectivity index (χ4n) is 4.89. The molecule has 0 spiro atoms. The number of halogens is 2. The van der Waals surface area contributed by atoms with Crippen molar-refractivity contribution >= 4 is 23.5 Å². The maximum absolute atomic E-state index is 13.8. The summed E-state index contributed by atoms with van der Waals surface area (Å²) in [6.07, 6.45) is 8.81. The summed E-state index contributed by atoms with van der Waals surface area (Å²) in [5, 5.41) is 5.22. The van der Waals surface area contributed by atoms with Gasteiger partial charge in [-0.15, -0.1) is 0 Å². The molecule has 35 heavy (non-hydrogen) atoms. The fourth-order valence-corrected chi connectivity index (χ4v) is 4.99. The zero-order chi connectivity index (χ0) is 24.4. The maximum atomic E-state index is 13.8. The molecule has 0 radical (unpaired) electrons. The van der Waals surface area contributed by atoms with E-state index in [1.54, 1.807) is 36.1 Å². The molecule has 0 unspecified atom stereocenters. The Morgan fingerprint density at radius 2 is 1.80 bits per heavy atom. The molecule has 10 heteroatoms. The maximum Gasteiger partial charge on any atom is 0.244 e. The first-order chi connectivity index (χ1) is 17.0. The van der Waals surface area contributed by atoms with Crippen LogP contribution in [0.5, 0.6) is 0 Å². The van der Waals surface area contributed by atoms with Crippen molar-refractivity contribution in [3.05, 3.63) is 52.8 Å². The van der Waals surface area contributed by atoms with Gasteiger partial charge in [0.25, 0.3) is 0 Å². The van der Waals surface area contributed by atoms with Gasteiger partial charge in [-0.1, -0.05) is 30.9 Å². The van der Waals surface area contributed by atoms with Crippen LogP contribution in [-0.4, -0.2) is 61.7 Å². The zero-order valence-electron chi connectivity index (χ0n) is 19.8. The van der Waals surface area contributed by atoms with Crippen LogP contribution in [-0.2, 0) is 11.3 Å². The van der Waals surface area contributed by atoms with Crippen LogP contribution < -0.4 is 4.90 Å². The average molecular weight is 498 g/mol. The first-order valence-electron chi connectivity index (χ1n) is 12.2. The molecule has 3 aromatic rings. The number of carbonyl (C=O) groups is 1. The number of amides is 1. The number of hydrogen-bond donors (Lipinski definition) is 0. The van der Waals surface area contributed by atoms with Crippen molar-refractivity contribution in [1.29, 1.82) is 0 Å². The highest BCUT2D eigenvalue weighted by Gasteiger charge is 2.27. The summed E-state index contributed by atoms with van der Waals surface area (Å²) >= 11 is 5.89. The number of benzene rings is 1. The molecular weight excluding hydrogens is 469 g/mol. The van der Waals surface area contributed by atoms with Crippen molar-refractivity contribution in [3.63, 3.8) is 0 Å². The summed E-state index contributed by atoms with van der Waals surface area (Å²) in [7, 11) is 0. The van der Waals surface area contributed by atoms with Gasteiger partial charge in [0, 0.05) is 37.7 Å². The summed E-state index contributed by atoms with van der Waals surface area (Å²) in [4.78, 5) is 30.6. The molecule has 2 aromatic heterocycles. The van der Waals surface area contributed by atoms with Gasteiger partial charge >= 0.3 is 0 Å². The van der Waals surface area contributed by atoms with Crippen molar-refractivity contribution < 1.29 is 9.18 Å². The second kappa shape index (κ2) is 10.3. The third kappa shape index (κ3) is 5.29. The highest BCUT2D eigenvalue weighted by Crippen LogP contribution is 2.33. The third-order valence-corrected chi connectivity index (χ3v) is 7.09. The minimum Gasteiger partial charge on any atom is -0.338 e. The SMILES string of the molecule is Cc1cc(-c2nc(C3CCCCC3)n(CC(=O)N3CCN(c4ncc(Cl)cn4)CC3)n2)ccc1F. The Morgan fingerprint density at radius 1 is 1.09 bits per heavy atom. The van der Waals surface area contributed by atoms with Gasteiger partial charge in [-0.25, -0.2) is 24.0 Å². The lowest BCUT2D eigenvalue weighted by atomic mass is 9.88. The lowest BCUT2D eigenvalue weighted by Crippen LogP contribution is -2.50. The van der Waals surface area contributed by atoms with E-state index in [4.69, 9.17) is 21.7 Å². The molecular formula is C25H29ClFN7O. The molecule has 0 atom stereocenters. The molecule has 0 bridgehead atoms. The number of rotatable bonds is 5. The zero-order valence-corrected chi connectivity index (χ0v) is 20.6. The molecule has 1 saturated heterocycles. The normalized spacial score (nSPS) is 17.1. The van der Waals surface area contributed by atoms with E-state index in [-0.39, 0.29) is 18.3 Å². The van der Waals surface area contributed by atoms with Crippen molar-refractivity contribution in [2.75, 3.05) is 31.1 Å². The highest BCUT2D eigenvalue weighted by molar-refractivity contribution is 6.30. The average Bonchev–Trinajstić information content (AvgIpc) is 3.30. The van der Waals surface area contributed by atoms with Crippen LogP contribution in [0.1, 0.15) is 49.4 Å². The lowest BCUT2D eigenvalue weighted by molar-refractivity contribution is -0.132. The van der Waals surface area contributed by atoms with Gasteiger partial charge in [-0.3, -0.25) is 4.79 Å². The second-order valence-electron chi connectivity index (χ2n) is 9.32. The molecule has 1 saturated carbocycles. The summed E-state index contributed by atoms with van der Waals surface area (Å²) in [5.74, 6) is 2.09. The standard InChI is InChI=1S/C25H29ClFN7O/c1-17-13-19(7-8-21(17)27)23-30-24(18-5-3-2-4-6-18)34(31-23)16-22(35)32-9-11-33(12-10-32)25-28-14-20(26)15-29-25/h7-8,13-15,18H,2-6,9-12,16H2,1H3. The van der Waals surface area contributed by atoms with Gasteiger partial charge in [-0.05, 0) is 43.5 Å². The first kappa shape index (κ1) is 23.7. The van der Waals surface area contributed by atoms with Crippen LogP contribution in [0.3, 0.4) is 0 Å². The molecule has 184 valence electrons. The number of aryl methyl sites for hydroxylation is 1. The van der Waals surface area contributed by atoms with Crippen LogP contribution in [0.25, 0.3) is 11.4 Å². The number of aromatic nitrogens is 5. The van der Waals surface area contributed by atoms with E-state index in [1.165, 1.54) is 12.5 Å². The van der Waals surface area contributed by atoms with Crippen LogP contribution in [0.15, 0.2) is 30.6 Å². The molecule has 1 aliphatic heterocycles. The monoisotopic (exact) mass is 497 g/mol. The lowest BCUT2D eigenvalue weighted by Gasteiger charge is -2.34. The van der Waals surface area contributed by atoms with Crippen LogP contribution >= 0.6 is 11.6 Å². The molecule has 1 amide bonds. The van der Waals surface area contributed by atoms with Crippen LogP contribution in [0, 0.1) is 12.7 Å². The minimum atomic E-state index is -0.251. The van der Waals surface area contributed by atoms with Gasteiger partial charge < -0.3 is 9.80 Å². The fraction of sp³-hybridized carbons (Fsp3) is 0.480. The molecule has 8 nitrogen and oxygen atoms in total. The van der Waals surface area contributed by atoms with Gasteiger partial charge in [-0.2, -0.15) is 5.10 Å². The van der Waals surface area contributed by atoms with E-state index < -0.39 is 0 Å². The second-order valence-corrected chi connectivity index (χ2v) is 9.76. The van der Waals surface area contributed by atoms with Crippen LogP contribution in [0.4, 0.5) is 10.3 Å². The summed E-state index contributed by atoms with van der Waals surface area (Å²) in [5.41, 5.74) is 1.32. The molecule has 2 aliphatic rings. The number of carbonyl (C=O) groups excluding carboxylic acids is 1. The molecule has 1 aliphatic carbocycles. The Morgan fingerprint density at radius 3 is 2.49 bits per heavy atom. The van der Waals surface area contributed by atoms with E-state index >= 15 is 0 Å². The predicted molar refractivity (Wildman–Crippen MR) is 132 cm³/mol. The molecule has 0 N–H and O–H groups in total. The van der Waals surface area contributed by atoms with Crippen molar-refractivity contribution in [1.82, 2.24) is 29.6 Å². The first-order valence-corrected chi connectivity index (χ1v) is 12.6. The Hall–Kier alpha value is -3.07. The number of piperazine rings is 1. The van der Waals surface area contributed by atoms with Gasteiger partial charge in [0.15, 0.2) is 5.82 Å². The summed E-state index contributed by atoms with van der Waals surface area (Å²) < 4.78 is 15.6. The van der Waals surface area contributed by atoms with Gasteiger partial charge in [0.2, 0.25) is 11.9 Å². The smallest absolute Gasteiger partial charge is 0.244 e. The molecule has 1 aromatic carbocycles. The topological polar surface area (TPSA) is 80.0 Å². The number of anilines is 1. The quantitative estimate of drug-likeness (QED) is 0.524. The van der Waals surface area contributed by atoms with Crippen LogP contribution in [0.2, 0.25) is 5.02 Å². The van der Waals surface area contributed by atoms with Crippen molar-refractivity contribution in [2.24, 2.45) is 0 Å². The van der Waals surface area contributed by atoms with E-state index in [9.17, 15) is 9.18 Å². The largest absolute Gasteiger partial charge is 0.338 e. The van der Waals surface area contributed by atoms with Crippen molar-refractivity contribution in [2.45, 2.75) is 51.5 Å². The van der Waals surface area contributed by atoms with E-state index in [1.807, 2.05) is 4.90 Å².